The van der Waals surface area contributed by atoms with Crippen LogP contribution >= 0.6 is 35.1 Å². The van der Waals surface area contributed by atoms with E-state index in [1.54, 1.807) is 36.4 Å². The van der Waals surface area contributed by atoms with E-state index in [9.17, 15) is 14.7 Å². The molecule has 3 aromatic carbocycles. The molecule has 0 saturated carbocycles. The average molecular weight is 543 g/mol. The summed E-state index contributed by atoms with van der Waals surface area (Å²) in [6, 6.07) is 19.7. The molecule has 0 amide bonds. The van der Waals surface area contributed by atoms with Gasteiger partial charge in [-0.2, -0.15) is 0 Å². The monoisotopic (exact) mass is 542 g/mol. The van der Waals surface area contributed by atoms with Crippen molar-refractivity contribution in [3.05, 3.63) is 88.5 Å². The van der Waals surface area contributed by atoms with Gasteiger partial charge in [0.05, 0.1) is 11.1 Å². The van der Waals surface area contributed by atoms with Crippen LogP contribution in [-0.4, -0.2) is 33.8 Å². The fourth-order valence-electron chi connectivity index (χ4n) is 3.67. The molecular weight excluding hydrogens is 519 g/mol. The molecule has 1 aromatic heterocycles. The van der Waals surface area contributed by atoms with Crippen LogP contribution in [0.1, 0.15) is 31.1 Å². The zero-order chi connectivity index (χ0) is 26.0. The summed E-state index contributed by atoms with van der Waals surface area (Å²) in [6.45, 7) is 5.48. The van der Waals surface area contributed by atoms with Crippen LogP contribution in [0, 0.1) is 0 Å². The lowest BCUT2D eigenvalue weighted by molar-refractivity contribution is -0.152. The lowest BCUT2D eigenvalue weighted by Crippen LogP contribution is -2.31. The van der Waals surface area contributed by atoms with Crippen LogP contribution in [0.5, 0.6) is 0 Å². The van der Waals surface area contributed by atoms with Gasteiger partial charge in [0.15, 0.2) is 0 Å². The highest BCUT2D eigenvalue weighted by atomic mass is 35.5. The lowest BCUT2D eigenvalue weighted by atomic mass is 10.2. The minimum Gasteiger partial charge on any atom is -0.478 e. The Bertz CT molecular complexity index is 1430. The molecule has 0 atom stereocenters. The number of carbonyl (C=O) groups excluding carboxylic acids is 1. The average Bonchev–Trinajstić information content (AvgIpc) is 3.20. The van der Waals surface area contributed by atoms with Crippen molar-refractivity contribution in [3.63, 3.8) is 0 Å². The summed E-state index contributed by atoms with van der Waals surface area (Å²) in [7, 11) is 0. The molecule has 4 rings (SSSR count). The van der Waals surface area contributed by atoms with E-state index in [-0.39, 0.29) is 18.1 Å². The molecule has 6 nitrogen and oxygen atoms in total. The van der Waals surface area contributed by atoms with Gasteiger partial charge in [-0.15, -0.1) is 0 Å². The number of benzene rings is 3. The first-order valence-electron chi connectivity index (χ1n) is 11.1. The maximum absolute atomic E-state index is 12.7. The number of hydrogen-bond acceptors (Lipinski definition) is 5. The third-order valence-corrected chi connectivity index (χ3v) is 6.52. The number of ether oxygens (including phenoxy) is 1. The first-order valence-corrected chi connectivity index (χ1v) is 12.6. The fraction of sp³-hybridized carbons (Fsp3) is 0.185. The highest BCUT2D eigenvalue weighted by Gasteiger charge is 2.21. The van der Waals surface area contributed by atoms with Gasteiger partial charge in [0, 0.05) is 37.9 Å². The van der Waals surface area contributed by atoms with Crippen molar-refractivity contribution >= 4 is 63.7 Å². The van der Waals surface area contributed by atoms with Crippen molar-refractivity contribution in [1.82, 2.24) is 4.57 Å². The van der Waals surface area contributed by atoms with E-state index in [0.29, 0.717) is 10.0 Å². The predicted molar refractivity (Wildman–Crippen MR) is 146 cm³/mol. The molecule has 0 fully saturated rings. The molecule has 36 heavy (non-hydrogen) atoms. The summed E-state index contributed by atoms with van der Waals surface area (Å²) < 4.78 is 9.31. The van der Waals surface area contributed by atoms with Crippen LogP contribution in [0.3, 0.4) is 0 Å². The van der Waals surface area contributed by atoms with Crippen LogP contribution in [0.2, 0.25) is 10.0 Å². The number of aromatic nitrogens is 1. The maximum Gasteiger partial charge on any atom is 0.335 e. The van der Waals surface area contributed by atoms with Crippen molar-refractivity contribution < 1.29 is 19.4 Å². The second-order valence-corrected chi connectivity index (χ2v) is 11.1. The van der Waals surface area contributed by atoms with E-state index in [4.69, 9.17) is 27.9 Å². The summed E-state index contributed by atoms with van der Waals surface area (Å²) in [6.07, 6.45) is 1.89. The molecule has 1 N–H and O–H groups in total. The number of aromatic carboxylic acids is 1. The van der Waals surface area contributed by atoms with Crippen molar-refractivity contribution in [2.75, 3.05) is 10.8 Å². The first-order chi connectivity index (χ1) is 17.0. The summed E-state index contributed by atoms with van der Waals surface area (Å²) >= 11 is 13.7. The minimum atomic E-state index is -0.980. The molecule has 186 valence electrons. The van der Waals surface area contributed by atoms with Crippen molar-refractivity contribution in [3.8, 4) is 5.69 Å². The standard InChI is InChI=1S/C27H24Cl2N2O4S/c1-27(2,3)35-25(32)16-31(36-23-14-19(28)13-20(29)15-23)22-7-8-24-17(11-22)9-10-30(24)21-6-4-5-18(12-21)26(33)34/h4-15H,16H2,1-3H3,(H,33,34). The SMILES string of the molecule is CC(C)(C)OC(=O)CN(Sc1cc(Cl)cc(Cl)c1)c1ccc2c(ccn2-c2cccc(C(=O)O)c2)c1. The second-order valence-electron chi connectivity index (χ2n) is 9.10. The molecule has 0 saturated heterocycles. The minimum absolute atomic E-state index is 0.00105. The van der Waals surface area contributed by atoms with Gasteiger partial charge in [0.1, 0.15) is 12.1 Å². The van der Waals surface area contributed by atoms with Gasteiger partial charge < -0.3 is 18.7 Å². The molecule has 4 aromatic rings. The summed E-state index contributed by atoms with van der Waals surface area (Å²) in [4.78, 5) is 24.9. The normalized spacial score (nSPS) is 11.5. The number of anilines is 1. The number of fused-ring (bicyclic) bond motifs is 1. The Labute approximate surface area is 223 Å². The van der Waals surface area contributed by atoms with Crippen molar-refractivity contribution in [2.24, 2.45) is 0 Å². The highest BCUT2D eigenvalue weighted by molar-refractivity contribution is 8.00. The number of carboxylic acid groups (broad SMARTS) is 1. The van der Waals surface area contributed by atoms with Gasteiger partial charge in [-0.05, 0) is 93.4 Å². The Morgan fingerprint density at radius 3 is 2.39 bits per heavy atom. The fourth-order valence-corrected chi connectivity index (χ4v) is 5.33. The van der Waals surface area contributed by atoms with E-state index in [2.05, 4.69) is 0 Å². The number of carbonyl (C=O) groups is 2. The first kappa shape index (κ1) is 25.9. The third-order valence-electron chi connectivity index (χ3n) is 5.08. The Balaban J connectivity index is 1.70. The van der Waals surface area contributed by atoms with E-state index < -0.39 is 11.6 Å². The quantitative estimate of drug-likeness (QED) is 0.192. The van der Waals surface area contributed by atoms with Gasteiger partial charge in [0.25, 0.3) is 0 Å². The van der Waals surface area contributed by atoms with Crippen molar-refractivity contribution in [1.29, 1.82) is 0 Å². The van der Waals surface area contributed by atoms with Crippen LogP contribution in [0.4, 0.5) is 5.69 Å². The Kier molecular flexibility index (Phi) is 7.54. The maximum atomic E-state index is 12.7. The van der Waals surface area contributed by atoms with Crippen LogP contribution in [0.25, 0.3) is 16.6 Å². The summed E-state index contributed by atoms with van der Waals surface area (Å²) in [5, 5.41) is 11.3. The number of esters is 1. The van der Waals surface area contributed by atoms with Gasteiger partial charge >= 0.3 is 11.9 Å². The predicted octanol–water partition coefficient (Wildman–Crippen LogP) is 7.49. The number of rotatable bonds is 7. The molecule has 9 heteroatoms. The third kappa shape index (κ3) is 6.35. The molecule has 0 unspecified atom stereocenters. The van der Waals surface area contributed by atoms with E-state index in [1.807, 2.05) is 66.2 Å². The molecule has 0 aliphatic heterocycles. The highest BCUT2D eigenvalue weighted by Crippen LogP contribution is 2.35. The molecule has 1 heterocycles. The number of halogens is 2. The smallest absolute Gasteiger partial charge is 0.335 e. The lowest BCUT2D eigenvalue weighted by Gasteiger charge is -2.26. The topological polar surface area (TPSA) is 71.8 Å². The van der Waals surface area contributed by atoms with Gasteiger partial charge in [-0.25, -0.2) is 4.79 Å². The van der Waals surface area contributed by atoms with E-state index in [1.165, 1.54) is 11.9 Å². The Hall–Kier alpha value is -3.13. The Morgan fingerprint density at radius 1 is 1.00 bits per heavy atom. The van der Waals surface area contributed by atoms with Crippen LogP contribution in [-0.2, 0) is 9.53 Å². The zero-order valence-electron chi connectivity index (χ0n) is 19.9. The largest absolute Gasteiger partial charge is 0.478 e. The van der Waals surface area contributed by atoms with Crippen LogP contribution < -0.4 is 4.31 Å². The number of carboxylic acids is 1. The molecule has 0 aliphatic rings. The van der Waals surface area contributed by atoms with E-state index in [0.717, 1.165) is 27.2 Å². The van der Waals surface area contributed by atoms with Crippen LogP contribution in [0.15, 0.2) is 77.8 Å². The zero-order valence-corrected chi connectivity index (χ0v) is 22.2. The molecule has 0 bridgehead atoms. The summed E-state index contributed by atoms with van der Waals surface area (Å²) in [5.41, 5.74) is 2.02. The molecular formula is C27H24Cl2N2O4S. The Morgan fingerprint density at radius 2 is 1.72 bits per heavy atom. The van der Waals surface area contributed by atoms with Crippen molar-refractivity contribution in [2.45, 2.75) is 31.3 Å². The van der Waals surface area contributed by atoms with Gasteiger partial charge in [-0.3, -0.25) is 4.79 Å². The summed E-state index contributed by atoms with van der Waals surface area (Å²) in [5.74, 6) is -1.35. The number of hydrogen-bond donors (Lipinski definition) is 1. The molecule has 0 radical (unpaired) electrons. The number of nitrogens with zero attached hydrogens (tertiary/aromatic N) is 2. The van der Waals surface area contributed by atoms with E-state index >= 15 is 0 Å². The second kappa shape index (κ2) is 10.5. The molecule has 0 aliphatic carbocycles. The molecule has 0 spiro atoms. The van der Waals surface area contributed by atoms with Gasteiger partial charge in [0.2, 0.25) is 0 Å². The van der Waals surface area contributed by atoms with Gasteiger partial charge in [-0.1, -0.05) is 29.3 Å².